The van der Waals surface area contributed by atoms with Crippen molar-refractivity contribution < 1.29 is 18.3 Å². The van der Waals surface area contributed by atoms with E-state index in [1.54, 1.807) is 0 Å². The van der Waals surface area contributed by atoms with E-state index in [0.29, 0.717) is 11.5 Å². The van der Waals surface area contributed by atoms with Crippen molar-refractivity contribution in [3.63, 3.8) is 0 Å². The third kappa shape index (κ3) is 4.10. The van der Waals surface area contributed by atoms with Crippen LogP contribution in [0.4, 0.5) is 0 Å². The molecule has 1 aromatic rings. The van der Waals surface area contributed by atoms with Crippen LogP contribution in [0.5, 0.6) is 5.75 Å². The Morgan fingerprint density at radius 1 is 1.48 bits per heavy atom. The average Bonchev–Trinajstić information content (AvgIpc) is 3.20. The lowest BCUT2D eigenvalue weighted by Crippen LogP contribution is -2.33. The first-order chi connectivity index (χ1) is 9.87. The Morgan fingerprint density at radius 2 is 2.14 bits per heavy atom. The van der Waals surface area contributed by atoms with Crippen molar-refractivity contribution >= 4 is 21.6 Å². The van der Waals surface area contributed by atoms with E-state index < -0.39 is 10.0 Å². The summed E-state index contributed by atoms with van der Waals surface area (Å²) in [5.74, 6) is 0.755. The Hall–Kier alpha value is -0.820. The minimum atomic E-state index is -3.75. The summed E-state index contributed by atoms with van der Waals surface area (Å²) >= 11 is 5.94. The number of aliphatic hydroxyl groups is 1. The maximum absolute atomic E-state index is 12.5. The SMILES string of the molecule is COc1c(CO)cc(Cl)cc1S(=O)(=O)NC(C)CC1CC1. The first-order valence-electron chi connectivity index (χ1n) is 6.87. The Kier molecular flexibility index (Phi) is 5.14. The van der Waals surface area contributed by atoms with Crippen LogP contribution < -0.4 is 9.46 Å². The van der Waals surface area contributed by atoms with Gasteiger partial charge in [-0.15, -0.1) is 0 Å². The van der Waals surface area contributed by atoms with E-state index in [4.69, 9.17) is 16.3 Å². The van der Waals surface area contributed by atoms with Gasteiger partial charge in [0.15, 0.2) is 0 Å². The van der Waals surface area contributed by atoms with Gasteiger partial charge in [0.1, 0.15) is 10.6 Å². The van der Waals surface area contributed by atoms with Gasteiger partial charge in [0.25, 0.3) is 0 Å². The molecule has 0 heterocycles. The van der Waals surface area contributed by atoms with Crippen LogP contribution >= 0.6 is 11.6 Å². The molecule has 1 fully saturated rings. The van der Waals surface area contributed by atoms with Gasteiger partial charge in [-0.05, 0) is 31.4 Å². The standard InChI is InChI=1S/C14H20ClNO4S/c1-9(5-10-3-4-10)16-21(18,19)13-7-12(15)6-11(8-17)14(13)20-2/h6-7,9-10,16-17H,3-5,8H2,1-2H3. The zero-order chi connectivity index (χ0) is 15.6. The van der Waals surface area contributed by atoms with Crippen LogP contribution in [-0.4, -0.2) is 26.7 Å². The molecule has 0 aliphatic heterocycles. The predicted molar refractivity (Wildman–Crippen MR) is 81.1 cm³/mol. The Bertz CT molecular complexity index is 614. The van der Waals surface area contributed by atoms with Crippen molar-refractivity contribution in [2.45, 2.75) is 43.7 Å². The van der Waals surface area contributed by atoms with E-state index in [2.05, 4.69) is 4.72 Å². The van der Waals surface area contributed by atoms with Crippen LogP contribution in [0.1, 0.15) is 31.7 Å². The lowest BCUT2D eigenvalue weighted by molar-refractivity contribution is 0.272. The number of methoxy groups -OCH3 is 1. The fraction of sp³-hybridized carbons (Fsp3) is 0.571. The predicted octanol–water partition coefficient (Wildman–Crippen LogP) is 2.31. The van der Waals surface area contributed by atoms with E-state index in [1.807, 2.05) is 6.92 Å². The van der Waals surface area contributed by atoms with Crippen LogP contribution in [0.15, 0.2) is 17.0 Å². The van der Waals surface area contributed by atoms with Gasteiger partial charge >= 0.3 is 0 Å². The summed E-state index contributed by atoms with van der Waals surface area (Å²) in [6, 6.07) is 2.68. The van der Waals surface area contributed by atoms with E-state index in [1.165, 1.54) is 32.1 Å². The second-order valence-electron chi connectivity index (χ2n) is 5.46. The highest BCUT2D eigenvalue weighted by molar-refractivity contribution is 7.89. The van der Waals surface area contributed by atoms with Gasteiger partial charge in [0, 0.05) is 16.6 Å². The van der Waals surface area contributed by atoms with Crippen molar-refractivity contribution in [2.75, 3.05) is 7.11 Å². The maximum Gasteiger partial charge on any atom is 0.244 e. The summed E-state index contributed by atoms with van der Waals surface area (Å²) in [6.45, 7) is 1.50. The fourth-order valence-electron chi connectivity index (χ4n) is 2.40. The van der Waals surface area contributed by atoms with Gasteiger partial charge in [-0.1, -0.05) is 24.4 Å². The summed E-state index contributed by atoms with van der Waals surface area (Å²) in [6.07, 6.45) is 3.16. The average molecular weight is 334 g/mol. The van der Waals surface area contributed by atoms with Crippen LogP contribution in [-0.2, 0) is 16.6 Å². The van der Waals surface area contributed by atoms with Crippen molar-refractivity contribution in [1.82, 2.24) is 4.72 Å². The summed E-state index contributed by atoms with van der Waals surface area (Å²) < 4.78 is 32.8. The van der Waals surface area contributed by atoms with E-state index >= 15 is 0 Å². The molecule has 21 heavy (non-hydrogen) atoms. The number of hydrogen-bond acceptors (Lipinski definition) is 4. The minimum absolute atomic E-state index is 0.0378. The molecule has 0 saturated heterocycles. The van der Waals surface area contributed by atoms with Gasteiger partial charge < -0.3 is 9.84 Å². The number of halogens is 1. The van der Waals surface area contributed by atoms with Crippen molar-refractivity contribution in [2.24, 2.45) is 5.92 Å². The Balaban J connectivity index is 2.31. The minimum Gasteiger partial charge on any atom is -0.495 e. The van der Waals surface area contributed by atoms with Crippen LogP contribution in [0.3, 0.4) is 0 Å². The second-order valence-corrected chi connectivity index (χ2v) is 7.57. The normalized spacial score (nSPS) is 16.8. The number of ether oxygens (including phenoxy) is 1. The zero-order valence-corrected chi connectivity index (χ0v) is 13.7. The molecule has 1 unspecified atom stereocenters. The molecule has 0 bridgehead atoms. The largest absolute Gasteiger partial charge is 0.495 e. The number of nitrogens with one attached hydrogen (secondary N) is 1. The molecule has 7 heteroatoms. The summed E-state index contributed by atoms with van der Waals surface area (Å²) in [7, 11) is -2.38. The zero-order valence-electron chi connectivity index (χ0n) is 12.1. The molecule has 2 N–H and O–H groups in total. The molecular weight excluding hydrogens is 314 g/mol. The molecule has 0 aromatic heterocycles. The van der Waals surface area contributed by atoms with E-state index in [-0.39, 0.29) is 28.3 Å². The summed E-state index contributed by atoms with van der Waals surface area (Å²) in [4.78, 5) is -0.0378. The van der Waals surface area contributed by atoms with Crippen molar-refractivity contribution in [3.05, 3.63) is 22.7 Å². The molecular formula is C14H20ClNO4S. The van der Waals surface area contributed by atoms with Gasteiger partial charge in [0.2, 0.25) is 10.0 Å². The molecule has 0 spiro atoms. The van der Waals surface area contributed by atoms with Crippen molar-refractivity contribution in [3.8, 4) is 5.75 Å². The van der Waals surface area contributed by atoms with Gasteiger partial charge in [-0.25, -0.2) is 13.1 Å². The molecule has 2 rings (SSSR count). The third-order valence-electron chi connectivity index (χ3n) is 3.50. The third-order valence-corrected chi connectivity index (χ3v) is 5.31. The van der Waals surface area contributed by atoms with E-state index in [0.717, 1.165) is 6.42 Å². The van der Waals surface area contributed by atoms with Crippen LogP contribution in [0.2, 0.25) is 5.02 Å². The van der Waals surface area contributed by atoms with Crippen molar-refractivity contribution in [1.29, 1.82) is 0 Å². The summed E-state index contributed by atoms with van der Waals surface area (Å²) in [5.41, 5.74) is 0.347. The first-order valence-corrected chi connectivity index (χ1v) is 8.73. The molecule has 1 aliphatic rings. The number of aliphatic hydroxyl groups excluding tert-OH is 1. The fourth-order valence-corrected chi connectivity index (χ4v) is 4.20. The molecule has 1 atom stereocenters. The number of sulfonamides is 1. The summed E-state index contributed by atoms with van der Waals surface area (Å²) in [5, 5.41) is 9.56. The lowest BCUT2D eigenvalue weighted by Gasteiger charge is -2.17. The Morgan fingerprint density at radius 3 is 2.67 bits per heavy atom. The van der Waals surface area contributed by atoms with Gasteiger partial charge in [0.05, 0.1) is 13.7 Å². The van der Waals surface area contributed by atoms with Crippen LogP contribution in [0.25, 0.3) is 0 Å². The smallest absolute Gasteiger partial charge is 0.244 e. The highest BCUT2D eigenvalue weighted by Gasteiger charge is 2.28. The second kappa shape index (κ2) is 6.52. The molecule has 1 saturated carbocycles. The number of benzene rings is 1. The lowest BCUT2D eigenvalue weighted by atomic mass is 10.2. The van der Waals surface area contributed by atoms with E-state index in [9.17, 15) is 13.5 Å². The highest BCUT2D eigenvalue weighted by Crippen LogP contribution is 2.35. The molecule has 5 nitrogen and oxygen atoms in total. The Labute approximate surface area is 130 Å². The molecule has 118 valence electrons. The number of hydrogen-bond donors (Lipinski definition) is 2. The van der Waals surface area contributed by atoms with Gasteiger partial charge in [-0.2, -0.15) is 0 Å². The monoisotopic (exact) mass is 333 g/mol. The molecule has 1 aliphatic carbocycles. The van der Waals surface area contributed by atoms with Gasteiger partial charge in [-0.3, -0.25) is 0 Å². The maximum atomic E-state index is 12.5. The first kappa shape index (κ1) is 16.5. The number of rotatable bonds is 7. The van der Waals surface area contributed by atoms with Crippen LogP contribution in [0, 0.1) is 5.92 Å². The quantitative estimate of drug-likeness (QED) is 0.803. The molecule has 0 radical (unpaired) electrons. The molecule has 1 aromatic carbocycles. The topological polar surface area (TPSA) is 75.6 Å². The highest BCUT2D eigenvalue weighted by atomic mass is 35.5. The molecule has 0 amide bonds.